The zero-order valence-corrected chi connectivity index (χ0v) is 15.8. The second-order valence-electron chi connectivity index (χ2n) is 6.81. The number of rotatable bonds is 4. The number of aromatic nitrogens is 3. The van der Waals surface area contributed by atoms with Gasteiger partial charge in [-0.25, -0.2) is 4.68 Å². The van der Waals surface area contributed by atoms with Crippen molar-refractivity contribution in [3.8, 4) is 5.75 Å². The summed E-state index contributed by atoms with van der Waals surface area (Å²) in [6.45, 7) is 0. The summed E-state index contributed by atoms with van der Waals surface area (Å²) in [7, 11) is 1.49. The van der Waals surface area contributed by atoms with E-state index in [1.807, 2.05) is 0 Å². The van der Waals surface area contributed by atoms with E-state index in [9.17, 15) is 18.0 Å². The number of hydrogen-bond acceptors (Lipinski definition) is 5. The number of fused-ring (bicyclic) bond motifs is 1. The summed E-state index contributed by atoms with van der Waals surface area (Å²) in [4.78, 5) is 16.6. The molecule has 3 heterocycles. The van der Waals surface area contributed by atoms with Gasteiger partial charge in [-0.2, -0.15) is 18.3 Å². The molecule has 1 aliphatic heterocycles. The SMILES string of the molecule is COc1cccc([C@H]2C[C@@H](C(F)(F)F)n3ncc(C(=O)Nc4cccnc4)c3N2)c1. The molecule has 4 rings (SSSR count). The summed E-state index contributed by atoms with van der Waals surface area (Å²) >= 11 is 0. The van der Waals surface area contributed by atoms with E-state index in [0.717, 1.165) is 10.9 Å². The zero-order chi connectivity index (χ0) is 21.3. The number of carbonyl (C=O) groups excluding carboxylic acids is 1. The van der Waals surface area contributed by atoms with Crippen molar-refractivity contribution < 1.29 is 22.7 Å². The van der Waals surface area contributed by atoms with Crippen molar-refractivity contribution in [1.29, 1.82) is 0 Å². The molecule has 0 unspecified atom stereocenters. The molecular weight excluding hydrogens is 399 g/mol. The third-order valence-corrected chi connectivity index (χ3v) is 4.90. The van der Waals surface area contributed by atoms with E-state index < -0.39 is 24.2 Å². The minimum absolute atomic E-state index is 0.0118. The predicted octanol–water partition coefficient (Wildman–Crippen LogP) is 4.20. The molecule has 7 nitrogen and oxygen atoms in total. The van der Waals surface area contributed by atoms with Crippen LogP contribution < -0.4 is 15.4 Å². The summed E-state index contributed by atoms with van der Waals surface area (Å²) in [5, 5.41) is 9.54. The van der Waals surface area contributed by atoms with Gasteiger partial charge in [-0.05, 0) is 29.8 Å². The van der Waals surface area contributed by atoms with Crippen LogP contribution in [0.3, 0.4) is 0 Å². The van der Waals surface area contributed by atoms with Crippen LogP contribution in [0.4, 0.5) is 24.7 Å². The van der Waals surface area contributed by atoms with Crippen LogP contribution in [-0.4, -0.2) is 34.0 Å². The molecule has 0 radical (unpaired) electrons. The van der Waals surface area contributed by atoms with Crippen molar-refractivity contribution in [2.45, 2.75) is 24.7 Å². The number of methoxy groups -OCH3 is 1. The van der Waals surface area contributed by atoms with Gasteiger partial charge in [0.25, 0.3) is 5.91 Å². The molecule has 0 saturated heterocycles. The van der Waals surface area contributed by atoms with Crippen LogP contribution in [0.2, 0.25) is 0 Å². The summed E-state index contributed by atoms with van der Waals surface area (Å²) in [6.07, 6.45) is -0.669. The molecule has 2 N–H and O–H groups in total. The fourth-order valence-corrected chi connectivity index (χ4v) is 3.44. The largest absolute Gasteiger partial charge is 0.497 e. The fourth-order valence-electron chi connectivity index (χ4n) is 3.44. The lowest BCUT2D eigenvalue weighted by molar-refractivity contribution is -0.173. The van der Waals surface area contributed by atoms with E-state index in [1.165, 1.54) is 13.3 Å². The zero-order valence-electron chi connectivity index (χ0n) is 15.8. The van der Waals surface area contributed by atoms with Crippen LogP contribution >= 0.6 is 0 Å². The Morgan fingerprint density at radius 3 is 2.80 bits per heavy atom. The third kappa shape index (κ3) is 3.80. The molecule has 30 heavy (non-hydrogen) atoms. The number of anilines is 2. The highest BCUT2D eigenvalue weighted by Crippen LogP contribution is 2.44. The smallest absolute Gasteiger partial charge is 0.410 e. The second kappa shape index (κ2) is 7.69. The van der Waals surface area contributed by atoms with E-state index in [0.29, 0.717) is 17.0 Å². The van der Waals surface area contributed by atoms with Gasteiger partial charge in [0.05, 0.1) is 31.2 Å². The van der Waals surface area contributed by atoms with Crippen LogP contribution in [0.1, 0.15) is 34.4 Å². The molecule has 0 fully saturated rings. The molecule has 0 spiro atoms. The first-order valence-corrected chi connectivity index (χ1v) is 9.13. The molecule has 1 aliphatic rings. The highest BCUT2D eigenvalue weighted by atomic mass is 19.4. The van der Waals surface area contributed by atoms with Gasteiger partial charge in [0.2, 0.25) is 0 Å². The van der Waals surface area contributed by atoms with Gasteiger partial charge in [0.15, 0.2) is 6.04 Å². The van der Waals surface area contributed by atoms with Gasteiger partial charge in [-0.3, -0.25) is 9.78 Å². The number of hydrogen-bond donors (Lipinski definition) is 2. The number of nitrogens with one attached hydrogen (secondary N) is 2. The predicted molar refractivity (Wildman–Crippen MR) is 103 cm³/mol. The average molecular weight is 417 g/mol. The summed E-state index contributed by atoms with van der Waals surface area (Å²) in [6, 6.07) is 7.53. The van der Waals surface area contributed by atoms with Crippen molar-refractivity contribution in [2.24, 2.45) is 0 Å². The van der Waals surface area contributed by atoms with Gasteiger partial charge >= 0.3 is 6.18 Å². The molecule has 0 aliphatic carbocycles. The summed E-state index contributed by atoms with van der Waals surface area (Å²) in [5.74, 6) is -0.0340. The number of nitrogens with zero attached hydrogens (tertiary/aromatic N) is 3. The number of pyridine rings is 1. The first-order valence-electron chi connectivity index (χ1n) is 9.13. The molecule has 3 aromatic rings. The number of ether oxygens (including phenoxy) is 1. The molecule has 10 heteroatoms. The van der Waals surface area contributed by atoms with E-state index in [2.05, 4.69) is 20.7 Å². The second-order valence-corrected chi connectivity index (χ2v) is 6.81. The molecule has 156 valence electrons. The summed E-state index contributed by atoms with van der Waals surface area (Å²) < 4.78 is 47.4. The number of alkyl halides is 3. The van der Waals surface area contributed by atoms with Crippen molar-refractivity contribution in [2.75, 3.05) is 17.7 Å². The Balaban J connectivity index is 1.70. The Morgan fingerprint density at radius 1 is 1.27 bits per heavy atom. The van der Waals surface area contributed by atoms with Crippen LogP contribution in [0.15, 0.2) is 55.0 Å². The highest BCUT2D eigenvalue weighted by molar-refractivity contribution is 6.07. The minimum atomic E-state index is -4.53. The van der Waals surface area contributed by atoms with Crippen LogP contribution in [0.5, 0.6) is 5.75 Å². The highest BCUT2D eigenvalue weighted by Gasteiger charge is 2.47. The van der Waals surface area contributed by atoms with E-state index >= 15 is 0 Å². The Bertz CT molecular complexity index is 1050. The Kier molecular flexibility index (Phi) is 5.06. The molecule has 0 saturated carbocycles. The van der Waals surface area contributed by atoms with Crippen LogP contribution in [0.25, 0.3) is 0 Å². The molecule has 1 amide bonds. The Hall–Kier alpha value is -3.56. The van der Waals surface area contributed by atoms with Crippen LogP contribution in [-0.2, 0) is 0 Å². The van der Waals surface area contributed by atoms with Gasteiger partial charge in [0.1, 0.15) is 17.1 Å². The van der Waals surface area contributed by atoms with Crippen molar-refractivity contribution >= 4 is 17.4 Å². The minimum Gasteiger partial charge on any atom is -0.497 e. The van der Waals surface area contributed by atoms with Crippen molar-refractivity contribution in [3.63, 3.8) is 0 Å². The number of benzene rings is 1. The van der Waals surface area contributed by atoms with Gasteiger partial charge in [0, 0.05) is 12.6 Å². The number of amides is 1. The molecule has 2 aromatic heterocycles. The maximum absolute atomic E-state index is 13.8. The fraction of sp³-hybridized carbons (Fsp3) is 0.250. The average Bonchev–Trinajstić information content (AvgIpc) is 3.17. The maximum atomic E-state index is 13.8. The molecular formula is C20H18F3N5O2. The summed E-state index contributed by atoms with van der Waals surface area (Å²) in [5.41, 5.74) is 1.06. The van der Waals surface area contributed by atoms with Crippen molar-refractivity contribution in [1.82, 2.24) is 14.8 Å². The number of carbonyl (C=O) groups is 1. The lowest BCUT2D eigenvalue weighted by Crippen LogP contribution is -2.36. The van der Waals surface area contributed by atoms with E-state index in [1.54, 1.807) is 42.6 Å². The standard InChI is InChI=1S/C20H18F3N5O2/c1-30-14-6-2-4-12(8-14)16-9-17(20(21,22)23)28-18(27-16)15(11-25-28)19(29)26-13-5-3-7-24-10-13/h2-8,10-11,16-17,27H,9H2,1H3,(H,26,29)/t16-,17+/m1/s1. The molecule has 2 atom stereocenters. The van der Waals surface area contributed by atoms with E-state index in [-0.39, 0.29) is 17.8 Å². The van der Waals surface area contributed by atoms with E-state index in [4.69, 9.17) is 4.74 Å². The normalized spacial score (nSPS) is 18.3. The first-order chi connectivity index (χ1) is 14.4. The molecule has 1 aromatic carbocycles. The lowest BCUT2D eigenvalue weighted by atomic mass is 9.96. The Labute approximate surface area is 169 Å². The Morgan fingerprint density at radius 2 is 2.10 bits per heavy atom. The topological polar surface area (TPSA) is 81.1 Å². The van der Waals surface area contributed by atoms with Gasteiger partial charge < -0.3 is 15.4 Å². The molecule has 0 bridgehead atoms. The van der Waals surface area contributed by atoms with Crippen molar-refractivity contribution in [3.05, 3.63) is 66.1 Å². The first kappa shape index (κ1) is 19.7. The van der Waals surface area contributed by atoms with Gasteiger partial charge in [-0.1, -0.05) is 12.1 Å². The lowest BCUT2D eigenvalue weighted by Gasteiger charge is -2.34. The quantitative estimate of drug-likeness (QED) is 0.665. The van der Waals surface area contributed by atoms with Gasteiger partial charge in [-0.15, -0.1) is 0 Å². The number of halogens is 3. The third-order valence-electron chi connectivity index (χ3n) is 4.90. The maximum Gasteiger partial charge on any atom is 0.410 e. The van der Waals surface area contributed by atoms with Crippen LogP contribution in [0, 0.1) is 0 Å². The monoisotopic (exact) mass is 417 g/mol.